The Morgan fingerprint density at radius 1 is 1.41 bits per heavy atom. The first-order chi connectivity index (χ1) is 13.2. The molecule has 1 N–H and O–H groups in total. The van der Waals surface area contributed by atoms with E-state index in [1.54, 1.807) is 24.0 Å². The summed E-state index contributed by atoms with van der Waals surface area (Å²) in [6, 6.07) is 0. The summed E-state index contributed by atoms with van der Waals surface area (Å²) in [5.74, 6) is 1.01. The third-order valence-corrected chi connectivity index (χ3v) is 7.06. The molecule has 144 valence electrons. The van der Waals surface area contributed by atoms with E-state index < -0.39 is 0 Å². The Hall–Kier alpha value is -1.84. The predicted molar refractivity (Wildman–Crippen MR) is 98.9 cm³/mol. The molecule has 3 saturated heterocycles. The lowest BCUT2D eigenvalue weighted by Crippen LogP contribution is -2.42. The van der Waals surface area contributed by atoms with Crippen LogP contribution in [-0.2, 0) is 22.6 Å². The van der Waals surface area contributed by atoms with Crippen molar-refractivity contribution in [3.05, 3.63) is 29.2 Å². The topological polar surface area (TPSA) is 85.2 Å². The van der Waals surface area contributed by atoms with E-state index in [0.717, 1.165) is 32.5 Å². The molecule has 2 bridgehead atoms. The van der Waals surface area contributed by atoms with Crippen molar-refractivity contribution >= 4 is 17.2 Å². The van der Waals surface area contributed by atoms with Gasteiger partial charge in [0.05, 0.1) is 18.2 Å². The molecule has 5 rings (SSSR count). The summed E-state index contributed by atoms with van der Waals surface area (Å²) >= 11 is 1.71. The van der Waals surface area contributed by atoms with Gasteiger partial charge in [-0.05, 0) is 12.8 Å². The first-order valence-electron chi connectivity index (χ1n) is 9.59. The van der Waals surface area contributed by atoms with E-state index in [4.69, 9.17) is 4.74 Å². The van der Waals surface area contributed by atoms with E-state index in [-0.39, 0.29) is 11.5 Å². The summed E-state index contributed by atoms with van der Waals surface area (Å²) < 4.78 is 8.29. The minimum absolute atomic E-state index is 0.000199. The molecule has 0 unspecified atom stereocenters. The summed E-state index contributed by atoms with van der Waals surface area (Å²) in [7, 11) is 0. The predicted octanol–water partition coefficient (Wildman–Crippen LogP) is 0.921. The van der Waals surface area contributed by atoms with E-state index in [1.807, 2.05) is 16.1 Å². The molecule has 2 aromatic heterocycles. The first-order valence-corrected chi connectivity index (χ1v) is 10.5. The van der Waals surface area contributed by atoms with Gasteiger partial charge >= 0.3 is 0 Å². The SMILES string of the molecule is O=C(CCn1cnnc1)NC[C@H]1[C@H]2CN(Cc3nccs3)C[C@]23CC[C@H]1O3. The van der Waals surface area contributed by atoms with E-state index in [1.165, 1.54) is 5.01 Å². The highest BCUT2D eigenvalue weighted by molar-refractivity contribution is 7.09. The molecule has 0 radical (unpaired) electrons. The van der Waals surface area contributed by atoms with Crippen LogP contribution in [0.4, 0.5) is 0 Å². The summed E-state index contributed by atoms with van der Waals surface area (Å²) in [6.07, 6.45) is 8.15. The van der Waals surface area contributed by atoms with Crippen LogP contribution < -0.4 is 5.32 Å². The number of aryl methyl sites for hydroxylation is 1. The van der Waals surface area contributed by atoms with Gasteiger partial charge in [0.15, 0.2) is 0 Å². The van der Waals surface area contributed by atoms with Crippen LogP contribution in [0, 0.1) is 11.8 Å². The molecule has 0 aliphatic carbocycles. The number of nitrogens with zero attached hydrogens (tertiary/aromatic N) is 5. The number of hydrogen-bond acceptors (Lipinski definition) is 7. The lowest BCUT2D eigenvalue weighted by Gasteiger charge is -2.29. The number of carbonyl (C=O) groups excluding carboxylic acids is 1. The third kappa shape index (κ3) is 3.28. The zero-order valence-corrected chi connectivity index (χ0v) is 16.0. The van der Waals surface area contributed by atoms with Gasteiger partial charge in [0, 0.05) is 56.0 Å². The van der Waals surface area contributed by atoms with Gasteiger partial charge < -0.3 is 14.6 Å². The lowest BCUT2D eigenvalue weighted by molar-refractivity contribution is -0.121. The van der Waals surface area contributed by atoms with Crippen molar-refractivity contribution in [3.63, 3.8) is 0 Å². The fourth-order valence-corrected chi connectivity index (χ4v) is 5.75. The minimum Gasteiger partial charge on any atom is -0.370 e. The van der Waals surface area contributed by atoms with Gasteiger partial charge in [-0.2, -0.15) is 0 Å². The van der Waals surface area contributed by atoms with Crippen molar-refractivity contribution in [3.8, 4) is 0 Å². The normalized spacial score (nSPS) is 32.1. The molecular weight excluding hydrogens is 364 g/mol. The molecule has 3 aliphatic heterocycles. The zero-order chi connectivity index (χ0) is 18.3. The largest absolute Gasteiger partial charge is 0.370 e. The van der Waals surface area contributed by atoms with E-state index in [0.29, 0.717) is 37.5 Å². The second-order valence-electron chi connectivity index (χ2n) is 7.88. The molecule has 27 heavy (non-hydrogen) atoms. The third-order valence-electron chi connectivity index (χ3n) is 6.30. The Labute approximate surface area is 161 Å². The lowest BCUT2D eigenvalue weighted by atomic mass is 9.73. The highest BCUT2D eigenvalue weighted by atomic mass is 32.1. The summed E-state index contributed by atoms with van der Waals surface area (Å²) in [5.41, 5.74) is -0.000199. The van der Waals surface area contributed by atoms with Crippen molar-refractivity contribution in [2.24, 2.45) is 11.8 Å². The standard InChI is InChI=1S/C18H24N6O2S/c25-16(2-5-23-11-21-22-12-23)20-7-13-14-8-24(9-17-19-4-6-27-17)10-18(14)3-1-15(13)26-18/h4,6,11-15H,1-3,5,7-10H2,(H,20,25)/t13-,14+,15+,18+/m0/s1. The van der Waals surface area contributed by atoms with Gasteiger partial charge in [0.1, 0.15) is 17.7 Å². The molecule has 8 nitrogen and oxygen atoms in total. The smallest absolute Gasteiger partial charge is 0.221 e. The number of ether oxygens (including phenoxy) is 1. The molecule has 0 saturated carbocycles. The minimum atomic E-state index is -0.000199. The number of nitrogens with one attached hydrogen (secondary N) is 1. The van der Waals surface area contributed by atoms with Gasteiger partial charge in [-0.3, -0.25) is 9.69 Å². The summed E-state index contributed by atoms with van der Waals surface area (Å²) in [4.78, 5) is 19.1. The highest BCUT2D eigenvalue weighted by Crippen LogP contribution is 2.54. The highest BCUT2D eigenvalue weighted by Gasteiger charge is 2.62. The molecule has 3 fully saturated rings. The quantitative estimate of drug-likeness (QED) is 0.759. The fourth-order valence-electron chi connectivity index (χ4n) is 5.09. The van der Waals surface area contributed by atoms with Crippen LogP contribution in [0.1, 0.15) is 24.3 Å². The van der Waals surface area contributed by atoms with Crippen LogP contribution in [-0.4, -0.2) is 61.9 Å². The molecular formula is C18H24N6O2S. The average Bonchev–Trinajstić information content (AvgIpc) is 3.45. The Bertz CT molecular complexity index is 782. The second-order valence-corrected chi connectivity index (χ2v) is 8.86. The van der Waals surface area contributed by atoms with E-state index in [9.17, 15) is 4.79 Å². The Morgan fingerprint density at radius 2 is 2.30 bits per heavy atom. The maximum atomic E-state index is 12.2. The number of amides is 1. The van der Waals surface area contributed by atoms with Crippen LogP contribution in [0.5, 0.6) is 0 Å². The van der Waals surface area contributed by atoms with Gasteiger partial charge in [0.25, 0.3) is 0 Å². The number of hydrogen-bond donors (Lipinski definition) is 1. The maximum absolute atomic E-state index is 12.2. The average molecular weight is 388 g/mol. The van der Waals surface area contributed by atoms with Gasteiger partial charge in [-0.1, -0.05) is 0 Å². The van der Waals surface area contributed by atoms with Crippen LogP contribution in [0.2, 0.25) is 0 Å². The monoisotopic (exact) mass is 388 g/mol. The van der Waals surface area contributed by atoms with Crippen molar-refractivity contribution in [2.75, 3.05) is 19.6 Å². The summed E-state index contributed by atoms with van der Waals surface area (Å²) in [6.45, 7) is 4.26. The van der Waals surface area contributed by atoms with E-state index >= 15 is 0 Å². The molecule has 4 atom stereocenters. The first kappa shape index (κ1) is 17.3. The van der Waals surface area contributed by atoms with Gasteiger partial charge in [0.2, 0.25) is 5.91 Å². The molecule has 3 aliphatic rings. The van der Waals surface area contributed by atoms with Crippen LogP contribution in [0.15, 0.2) is 24.2 Å². The van der Waals surface area contributed by atoms with Crippen LogP contribution >= 0.6 is 11.3 Å². The molecule has 2 aromatic rings. The Morgan fingerprint density at radius 3 is 3.11 bits per heavy atom. The van der Waals surface area contributed by atoms with E-state index in [2.05, 4.69) is 25.4 Å². The molecule has 1 spiro atoms. The number of carbonyl (C=O) groups is 1. The molecule has 5 heterocycles. The van der Waals surface area contributed by atoms with Crippen molar-refractivity contribution in [1.29, 1.82) is 0 Å². The summed E-state index contributed by atoms with van der Waals surface area (Å²) in [5, 5.41) is 13.9. The second kappa shape index (κ2) is 6.96. The number of likely N-dealkylation sites (tertiary alicyclic amines) is 1. The van der Waals surface area contributed by atoms with Crippen LogP contribution in [0.3, 0.4) is 0 Å². The molecule has 1 amide bonds. The van der Waals surface area contributed by atoms with Crippen molar-refractivity contribution < 1.29 is 9.53 Å². The van der Waals surface area contributed by atoms with Crippen LogP contribution in [0.25, 0.3) is 0 Å². The maximum Gasteiger partial charge on any atom is 0.221 e. The molecule has 0 aromatic carbocycles. The Kier molecular flexibility index (Phi) is 4.45. The number of aromatic nitrogens is 4. The number of rotatable bonds is 7. The molecule has 9 heteroatoms. The van der Waals surface area contributed by atoms with Gasteiger partial charge in [-0.15, -0.1) is 21.5 Å². The number of thiazole rings is 1. The zero-order valence-electron chi connectivity index (χ0n) is 15.2. The van der Waals surface area contributed by atoms with Crippen molar-refractivity contribution in [2.45, 2.75) is 44.1 Å². The Balaban J connectivity index is 1.16. The fraction of sp³-hybridized carbons (Fsp3) is 0.667. The number of fused-ring (bicyclic) bond motifs is 1. The van der Waals surface area contributed by atoms with Crippen molar-refractivity contribution in [1.82, 2.24) is 30.0 Å². The van der Waals surface area contributed by atoms with Gasteiger partial charge in [-0.25, -0.2) is 4.98 Å².